The fraction of sp³-hybridized carbons (Fsp3) is 0.417. The number of nitrogens with one attached hydrogen (secondary N) is 1. The second kappa shape index (κ2) is 5.54. The molecule has 0 fully saturated rings. The zero-order valence-corrected chi connectivity index (χ0v) is 10.2. The van der Waals surface area contributed by atoms with Gasteiger partial charge in [0.25, 0.3) is 0 Å². The molecular formula is C12H17N5. The summed E-state index contributed by atoms with van der Waals surface area (Å²) in [5.74, 6) is 0.720. The highest BCUT2D eigenvalue weighted by atomic mass is 15.2. The molecule has 90 valence electrons. The van der Waals surface area contributed by atoms with Crippen LogP contribution < -0.4 is 5.32 Å². The third-order valence-corrected chi connectivity index (χ3v) is 2.42. The Labute approximate surface area is 101 Å². The van der Waals surface area contributed by atoms with E-state index in [1.807, 2.05) is 25.6 Å². The normalized spacial score (nSPS) is 10.7. The van der Waals surface area contributed by atoms with Gasteiger partial charge in [-0.05, 0) is 13.0 Å². The first kappa shape index (κ1) is 11.7. The third kappa shape index (κ3) is 3.10. The maximum absolute atomic E-state index is 4.34. The molecule has 0 atom stereocenters. The summed E-state index contributed by atoms with van der Waals surface area (Å²) in [6.45, 7) is 3.99. The average Bonchev–Trinajstić information content (AvgIpc) is 2.77. The highest BCUT2D eigenvalue weighted by Gasteiger charge is 2.03. The van der Waals surface area contributed by atoms with E-state index < -0.39 is 0 Å². The lowest BCUT2D eigenvalue weighted by Crippen LogP contribution is -2.14. The maximum Gasteiger partial charge on any atom is 0.162 e. The number of nitrogens with zero attached hydrogens (tertiary/aromatic N) is 4. The topological polar surface area (TPSA) is 55.6 Å². The molecular weight excluding hydrogens is 214 g/mol. The van der Waals surface area contributed by atoms with Gasteiger partial charge in [-0.1, -0.05) is 6.92 Å². The Kier molecular flexibility index (Phi) is 3.82. The van der Waals surface area contributed by atoms with Crippen molar-refractivity contribution < 1.29 is 0 Å². The van der Waals surface area contributed by atoms with Crippen molar-refractivity contribution in [2.24, 2.45) is 7.05 Å². The van der Waals surface area contributed by atoms with Crippen molar-refractivity contribution in [2.75, 3.05) is 6.54 Å². The number of hydrogen-bond acceptors (Lipinski definition) is 4. The SMILES string of the molecule is CCCNCc1cnc(-c2cnn(C)c2)nc1. The van der Waals surface area contributed by atoms with Crippen LogP contribution in [-0.4, -0.2) is 26.3 Å². The summed E-state index contributed by atoms with van der Waals surface area (Å²) in [4.78, 5) is 8.67. The average molecular weight is 231 g/mol. The smallest absolute Gasteiger partial charge is 0.162 e. The van der Waals surface area contributed by atoms with Crippen LogP contribution in [0.3, 0.4) is 0 Å². The molecule has 17 heavy (non-hydrogen) atoms. The Balaban J connectivity index is 2.02. The number of rotatable bonds is 5. The van der Waals surface area contributed by atoms with Crippen LogP contribution in [0.1, 0.15) is 18.9 Å². The van der Waals surface area contributed by atoms with E-state index in [1.165, 1.54) is 0 Å². The Morgan fingerprint density at radius 2 is 2.00 bits per heavy atom. The second-order valence-corrected chi connectivity index (χ2v) is 3.99. The highest BCUT2D eigenvalue weighted by Crippen LogP contribution is 2.12. The molecule has 0 unspecified atom stereocenters. The first-order valence-electron chi connectivity index (χ1n) is 5.80. The van der Waals surface area contributed by atoms with E-state index in [0.717, 1.165) is 36.5 Å². The Morgan fingerprint density at radius 3 is 2.59 bits per heavy atom. The van der Waals surface area contributed by atoms with Crippen LogP contribution in [0, 0.1) is 0 Å². The molecule has 5 nitrogen and oxygen atoms in total. The summed E-state index contributed by atoms with van der Waals surface area (Å²) in [6.07, 6.45) is 8.53. The van der Waals surface area contributed by atoms with Gasteiger partial charge in [-0.25, -0.2) is 9.97 Å². The molecule has 0 spiro atoms. The monoisotopic (exact) mass is 231 g/mol. The van der Waals surface area contributed by atoms with Crippen molar-refractivity contribution in [3.8, 4) is 11.4 Å². The molecule has 2 aromatic rings. The van der Waals surface area contributed by atoms with E-state index >= 15 is 0 Å². The van der Waals surface area contributed by atoms with Crippen molar-refractivity contribution in [1.29, 1.82) is 0 Å². The van der Waals surface area contributed by atoms with Gasteiger partial charge in [0.15, 0.2) is 5.82 Å². The van der Waals surface area contributed by atoms with Gasteiger partial charge < -0.3 is 5.32 Å². The number of hydrogen-bond donors (Lipinski definition) is 1. The van der Waals surface area contributed by atoms with Gasteiger partial charge in [-0.2, -0.15) is 5.10 Å². The predicted molar refractivity (Wildman–Crippen MR) is 66.2 cm³/mol. The second-order valence-electron chi connectivity index (χ2n) is 3.99. The minimum Gasteiger partial charge on any atom is -0.313 e. The molecule has 0 aromatic carbocycles. The van der Waals surface area contributed by atoms with Gasteiger partial charge in [0.2, 0.25) is 0 Å². The van der Waals surface area contributed by atoms with Crippen molar-refractivity contribution >= 4 is 0 Å². The molecule has 0 aliphatic heterocycles. The molecule has 2 aromatic heterocycles. The van der Waals surface area contributed by atoms with E-state index in [0.29, 0.717) is 0 Å². The van der Waals surface area contributed by atoms with E-state index in [4.69, 9.17) is 0 Å². The standard InChI is InChI=1S/C12H17N5/c1-3-4-13-5-10-6-14-12(15-7-10)11-8-16-17(2)9-11/h6-9,13H,3-5H2,1-2H3. The lowest BCUT2D eigenvalue weighted by molar-refractivity contribution is 0.672. The van der Waals surface area contributed by atoms with Gasteiger partial charge in [-0.15, -0.1) is 0 Å². The summed E-state index contributed by atoms with van der Waals surface area (Å²) in [7, 11) is 1.88. The largest absolute Gasteiger partial charge is 0.313 e. The first-order chi connectivity index (χ1) is 8.29. The minimum absolute atomic E-state index is 0.720. The van der Waals surface area contributed by atoms with E-state index in [2.05, 4.69) is 27.3 Å². The van der Waals surface area contributed by atoms with Gasteiger partial charge >= 0.3 is 0 Å². The Bertz CT molecular complexity index is 460. The van der Waals surface area contributed by atoms with Crippen molar-refractivity contribution in [2.45, 2.75) is 19.9 Å². The van der Waals surface area contributed by atoms with Crippen LogP contribution in [-0.2, 0) is 13.6 Å². The van der Waals surface area contributed by atoms with Gasteiger partial charge in [0.05, 0.1) is 11.8 Å². The van der Waals surface area contributed by atoms with E-state index in [9.17, 15) is 0 Å². The molecule has 0 aliphatic rings. The summed E-state index contributed by atoms with van der Waals surface area (Å²) in [6, 6.07) is 0. The van der Waals surface area contributed by atoms with E-state index in [1.54, 1.807) is 10.9 Å². The molecule has 0 amide bonds. The minimum atomic E-state index is 0.720. The summed E-state index contributed by atoms with van der Waals surface area (Å²) >= 11 is 0. The molecule has 1 N–H and O–H groups in total. The number of aromatic nitrogens is 4. The van der Waals surface area contributed by atoms with Crippen LogP contribution in [0.25, 0.3) is 11.4 Å². The van der Waals surface area contributed by atoms with Gasteiger partial charge in [-0.3, -0.25) is 4.68 Å². The van der Waals surface area contributed by atoms with Gasteiger partial charge in [0, 0.05) is 37.7 Å². The molecule has 2 heterocycles. The summed E-state index contributed by atoms with van der Waals surface area (Å²) < 4.78 is 1.75. The molecule has 0 aliphatic carbocycles. The molecule has 2 rings (SSSR count). The van der Waals surface area contributed by atoms with Crippen molar-refractivity contribution in [3.63, 3.8) is 0 Å². The predicted octanol–water partition coefficient (Wildman–Crippen LogP) is 1.38. The van der Waals surface area contributed by atoms with Crippen LogP contribution in [0.2, 0.25) is 0 Å². The van der Waals surface area contributed by atoms with Crippen LogP contribution in [0.15, 0.2) is 24.8 Å². The van der Waals surface area contributed by atoms with Crippen molar-refractivity contribution in [3.05, 3.63) is 30.4 Å². The molecule has 0 saturated heterocycles. The lowest BCUT2D eigenvalue weighted by atomic mass is 10.3. The number of aryl methyl sites for hydroxylation is 1. The van der Waals surface area contributed by atoms with Crippen LogP contribution in [0.5, 0.6) is 0 Å². The molecule has 0 saturated carbocycles. The first-order valence-corrected chi connectivity index (χ1v) is 5.80. The molecule has 0 bridgehead atoms. The quantitative estimate of drug-likeness (QED) is 0.790. The Hall–Kier alpha value is -1.75. The summed E-state index contributed by atoms with van der Waals surface area (Å²) in [5, 5.41) is 7.42. The van der Waals surface area contributed by atoms with Crippen LogP contribution >= 0.6 is 0 Å². The van der Waals surface area contributed by atoms with Gasteiger partial charge in [0.1, 0.15) is 0 Å². The zero-order valence-electron chi connectivity index (χ0n) is 10.2. The Morgan fingerprint density at radius 1 is 1.24 bits per heavy atom. The third-order valence-electron chi connectivity index (χ3n) is 2.42. The fourth-order valence-electron chi connectivity index (χ4n) is 1.54. The maximum atomic E-state index is 4.34. The fourth-order valence-corrected chi connectivity index (χ4v) is 1.54. The highest BCUT2D eigenvalue weighted by molar-refractivity contribution is 5.51. The molecule has 5 heteroatoms. The summed E-state index contributed by atoms with van der Waals surface area (Å²) in [5.41, 5.74) is 2.05. The zero-order chi connectivity index (χ0) is 12.1. The van der Waals surface area contributed by atoms with E-state index in [-0.39, 0.29) is 0 Å². The lowest BCUT2D eigenvalue weighted by Gasteiger charge is -2.02. The molecule has 0 radical (unpaired) electrons. The van der Waals surface area contributed by atoms with Crippen molar-refractivity contribution in [1.82, 2.24) is 25.1 Å². The van der Waals surface area contributed by atoms with Crippen LogP contribution in [0.4, 0.5) is 0 Å².